The lowest BCUT2D eigenvalue weighted by atomic mass is 9.95. The highest BCUT2D eigenvalue weighted by Gasteiger charge is 2.31. The van der Waals surface area contributed by atoms with Gasteiger partial charge in [0.15, 0.2) is 0 Å². The molecule has 10 nitrogen and oxygen atoms in total. The van der Waals surface area contributed by atoms with E-state index in [1.807, 2.05) is 6.92 Å². The molecule has 29 heavy (non-hydrogen) atoms. The van der Waals surface area contributed by atoms with E-state index in [4.69, 9.17) is 4.74 Å². The van der Waals surface area contributed by atoms with Crippen molar-refractivity contribution in [3.8, 4) is 0 Å². The maximum Gasteiger partial charge on any atom is 0.345 e. The van der Waals surface area contributed by atoms with Gasteiger partial charge in [-0.1, -0.05) is 12.1 Å². The van der Waals surface area contributed by atoms with Crippen LogP contribution in [0.25, 0.3) is 0 Å². The van der Waals surface area contributed by atoms with Crippen LogP contribution >= 0.6 is 0 Å². The van der Waals surface area contributed by atoms with Gasteiger partial charge in [0.25, 0.3) is 11.6 Å². The second-order valence-corrected chi connectivity index (χ2v) is 6.94. The van der Waals surface area contributed by atoms with Gasteiger partial charge in [-0.3, -0.25) is 19.5 Å². The van der Waals surface area contributed by atoms with Crippen LogP contribution in [0.15, 0.2) is 29.1 Å². The van der Waals surface area contributed by atoms with Gasteiger partial charge in [0, 0.05) is 38.7 Å². The molecule has 0 N–H and O–H groups in total. The van der Waals surface area contributed by atoms with Crippen LogP contribution in [-0.2, 0) is 17.8 Å². The lowest BCUT2D eigenvalue weighted by molar-refractivity contribution is -0.385. The van der Waals surface area contributed by atoms with Crippen LogP contribution in [0.3, 0.4) is 0 Å². The molecule has 156 valence electrons. The number of hydrogen-bond donors (Lipinski definition) is 0. The normalized spacial score (nSPS) is 14.9. The Labute approximate surface area is 167 Å². The number of nitrogens with zero attached hydrogens (tertiary/aromatic N) is 5. The van der Waals surface area contributed by atoms with Gasteiger partial charge in [-0.25, -0.2) is 9.48 Å². The summed E-state index contributed by atoms with van der Waals surface area (Å²) in [5, 5.41) is 15.7. The third kappa shape index (κ3) is 4.21. The van der Waals surface area contributed by atoms with Crippen molar-refractivity contribution in [3.63, 3.8) is 0 Å². The van der Waals surface area contributed by atoms with Crippen molar-refractivity contribution < 1.29 is 14.5 Å². The highest BCUT2D eigenvalue weighted by atomic mass is 16.6. The number of carbonyl (C=O) groups is 1. The average molecular weight is 403 g/mol. The Morgan fingerprint density at radius 2 is 2.00 bits per heavy atom. The molecule has 0 unspecified atom stereocenters. The molecule has 1 aromatic heterocycles. The minimum Gasteiger partial charge on any atom is -0.383 e. The first-order valence-corrected chi connectivity index (χ1v) is 9.67. The van der Waals surface area contributed by atoms with Crippen molar-refractivity contribution in [1.82, 2.24) is 19.2 Å². The summed E-state index contributed by atoms with van der Waals surface area (Å²) in [6.45, 7) is 4.14. The number of ether oxygens (including phenoxy) is 1. The van der Waals surface area contributed by atoms with Crippen LogP contribution in [0, 0.1) is 10.1 Å². The Morgan fingerprint density at radius 3 is 2.62 bits per heavy atom. The molecule has 1 saturated heterocycles. The Hall–Kier alpha value is -3.01. The number of methoxy groups -OCH3 is 1. The first-order chi connectivity index (χ1) is 14.0. The summed E-state index contributed by atoms with van der Waals surface area (Å²) >= 11 is 0. The zero-order valence-electron chi connectivity index (χ0n) is 16.6. The van der Waals surface area contributed by atoms with E-state index in [0.717, 1.165) is 5.82 Å². The Morgan fingerprint density at radius 1 is 1.31 bits per heavy atom. The van der Waals surface area contributed by atoms with Crippen molar-refractivity contribution in [2.75, 3.05) is 26.8 Å². The van der Waals surface area contributed by atoms with Gasteiger partial charge >= 0.3 is 5.69 Å². The molecule has 0 atom stereocenters. The first-order valence-electron chi connectivity index (χ1n) is 9.67. The van der Waals surface area contributed by atoms with E-state index in [0.29, 0.717) is 45.6 Å². The molecular weight excluding hydrogens is 378 g/mol. The predicted octanol–water partition coefficient (Wildman–Crippen LogP) is 1.64. The summed E-state index contributed by atoms with van der Waals surface area (Å²) in [4.78, 5) is 37.6. The van der Waals surface area contributed by atoms with Crippen molar-refractivity contribution in [2.24, 2.45) is 0 Å². The van der Waals surface area contributed by atoms with Crippen LogP contribution in [0.5, 0.6) is 0 Å². The van der Waals surface area contributed by atoms with Crippen LogP contribution in [0.2, 0.25) is 0 Å². The van der Waals surface area contributed by atoms with Gasteiger partial charge in [0.05, 0.1) is 18.1 Å². The quantitative estimate of drug-likeness (QED) is 0.513. The fourth-order valence-electron chi connectivity index (χ4n) is 3.71. The fraction of sp³-hybridized carbons (Fsp3) is 0.526. The van der Waals surface area contributed by atoms with Gasteiger partial charge in [0.2, 0.25) is 0 Å². The molecule has 0 aliphatic carbocycles. The number of aromatic nitrogens is 3. The summed E-state index contributed by atoms with van der Waals surface area (Å²) in [5.74, 6) is 0.446. The van der Waals surface area contributed by atoms with Crippen molar-refractivity contribution in [1.29, 1.82) is 0 Å². The minimum absolute atomic E-state index is 0.0567. The minimum atomic E-state index is -0.535. The third-order valence-electron chi connectivity index (χ3n) is 5.25. The number of nitro benzene ring substituents is 1. The molecule has 2 heterocycles. The number of likely N-dealkylation sites (tertiary alicyclic amines) is 1. The fourth-order valence-corrected chi connectivity index (χ4v) is 3.71. The van der Waals surface area contributed by atoms with Gasteiger partial charge in [0.1, 0.15) is 11.4 Å². The maximum absolute atomic E-state index is 12.8. The Balaban J connectivity index is 1.74. The van der Waals surface area contributed by atoms with Crippen LogP contribution in [0.4, 0.5) is 5.69 Å². The molecule has 0 saturated carbocycles. The smallest absolute Gasteiger partial charge is 0.345 e. The number of hydrogen-bond acceptors (Lipinski definition) is 6. The van der Waals surface area contributed by atoms with Crippen molar-refractivity contribution in [2.45, 2.75) is 38.8 Å². The number of piperidine rings is 1. The van der Waals surface area contributed by atoms with E-state index >= 15 is 0 Å². The van der Waals surface area contributed by atoms with Crippen molar-refractivity contribution in [3.05, 3.63) is 56.3 Å². The Bertz CT molecular complexity index is 943. The van der Waals surface area contributed by atoms with Crippen LogP contribution < -0.4 is 5.69 Å². The SMILES string of the molecule is CCn1c(C2CCN(C(=O)c3ccccc3[N+](=O)[O-])CC2)nn(CCOC)c1=O. The number of nitro groups is 1. The summed E-state index contributed by atoms with van der Waals surface area (Å²) < 4.78 is 8.13. The number of benzene rings is 1. The third-order valence-corrected chi connectivity index (χ3v) is 5.25. The molecule has 0 spiro atoms. The summed E-state index contributed by atoms with van der Waals surface area (Å²) in [6, 6.07) is 6.00. The molecule has 10 heteroatoms. The van der Waals surface area contributed by atoms with Crippen LogP contribution in [-0.4, -0.2) is 56.9 Å². The van der Waals surface area contributed by atoms with Gasteiger partial charge in [-0.15, -0.1) is 0 Å². The number of para-hydroxylation sites is 1. The molecule has 2 aromatic rings. The zero-order valence-corrected chi connectivity index (χ0v) is 16.6. The molecule has 1 aliphatic rings. The monoisotopic (exact) mass is 403 g/mol. The van der Waals surface area contributed by atoms with E-state index in [1.54, 1.807) is 28.7 Å². The summed E-state index contributed by atoms with van der Waals surface area (Å²) in [5.41, 5.74) is -0.237. The van der Waals surface area contributed by atoms with E-state index < -0.39 is 4.92 Å². The molecule has 1 aromatic carbocycles. The number of amides is 1. The van der Waals surface area contributed by atoms with E-state index in [2.05, 4.69) is 5.10 Å². The van der Waals surface area contributed by atoms with Crippen LogP contribution in [0.1, 0.15) is 41.9 Å². The average Bonchev–Trinajstić information content (AvgIpc) is 3.07. The topological polar surface area (TPSA) is 112 Å². The standard InChI is InChI=1S/C19H25N5O5/c1-3-22-17(20-23(19(22)26)12-13-29-2)14-8-10-21(11-9-14)18(25)15-6-4-5-7-16(15)24(27)28/h4-7,14H,3,8-13H2,1-2H3. The molecule has 1 aliphatic heterocycles. The molecule has 0 bridgehead atoms. The van der Waals surface area contributed by atoms with E-state index in [-0.39, 0.29) is 28.8 Å². The highest BCUT2D eigenvalue weighted by molar-refractivity contribution is 5.98. The second-order valence-electron chi connectivity index (χ2n) is 6.94. The lowest BCUT2D eigenvalue weighted by Crippen LogP contribution is -2.38. The molecule has 1 fully saturated rings. The van der Waals surface area contributed by atoms with E-state index in [1.165, 1.54) is 16.8 Å². The molecular formula is C19H25N5O5. The first kappa shape index (κ1) is 20.7. The Kier molecular flexibility index (Phi) is 6.42. The zero-order chi connectivity index (χ0) is 21.0. The van der Waals surface area contributed by atoms with Crippen molar-refractivity contribution >= 4 is 11.6 Å². The largest absolute Gasteiger partial charge is 0.383 e. The second kappa shape index (κ2) is 8.99. The van der Waals surface area contributed by atoms with Gasteiger partial charge < -0.3 is 9.64 Å². The number of carbonyl (C=O) groups excluding carboxylic acids is 1. The molecule has 0 radical (unpaired) electrons. The predicted molar refractivity (Wildman–Crippen MR) is 105 cm³/mol. The molecule has 1 amide bonds. The summed E-state index contributed by atoms with van der Waals surface area (Å²) in [7, 11) is 1.58. The highest BCUT2D eigenvalue weighted by Crippen LogP contribution is 2.28. The molecule has 3 rings (SSSR count). The van der Waals surface area contributed by atoms with Gasteiger partial charge in [-0.05, 0) is 25.8 Å². The number of rotatable bonds is 7. The lowest BCUT2D eigenvalue weighted by Gasteiger charge is -2.31. The van der Waals surface area contributed by atoms with Gasteiger partial charge in [-0.2, -0.15) is 5.10 Å². The summed E-state index contributed by atoms with van der Waals surface area (Å²) in [6.07, 6.45) is 1.29. The van der Waals surface area contributed by atoms with E-state index in [9.17, 15) is 19.7 Å². The maximum atomic E-state index is 12.8.